The number of hydrogen-bond acceptors (Lipinski definition) is 1. The fourth-order valence-electron chi connectivity index (χ4n) is 0.0639. The Balaban J connectivity index is 3.60. The third-order valence-corrected chi connectivity index (χ3v) is 0.325. The van der Waals surface area contributed by atoms with Crippen molar-refractivity contribution < 1.29 is 4.79 Å². The predicted octanol–water partition coefficient (Wildman–Crippen LogP) is 1.13. The van der Waals surface area contributed by atoms with E-state index in [1.807, 2.05) is 0 Å². The van der Waals surface area contributed by atoms with Crippen LogP contribution in [0.25, 0.3) is 0 Å². The third kappa shape index (κ3) is 3.48. The maximum atomic E-state index is 9.29. The quantitative estimate of drug-likeness (QED) is 0.358. The molecule has 0 aromatic carbocycles. The summed E-state index contributed by atoms with van der Waals surface area (Å²) in [6.07, 6.45) is 1.06. The van der Waals surface area contributed by atoms with E-state index in [9.17, 15) is 4.79 Å². The standard InChI is InChI=1S/C4H3ClO/c1-4(5)2-3-6/h2H,1H2. The normalized spacial score (nSPS) is 6.17. The summed E-state index contributed by atoms with van der Waals surface area (Å²) in [5, 5.41) is 0.213. The molecular formula is C4H3ClO. The van der Waals surface area contributed by atoms with Crippen LogP contribution >= 0.6 is 11.6 Å². The Kier molecular flexibility index (Phi) is 2.47. The van der Waals surface area contributed by atoms with Crippen LogP contribution in [0.5, 0.6) is 0 Å². The molecule has 0 aliphatic carbocycles. The Bertz CT molecular complexity index is 100. The molecule has 0 aromatic rings. The molecule has 6 heavy (non-hydrogen) atoms. The van der Waals surface area contributed by atoms with Gasteiger partial charge in [0.1, 0.15) is 5.94 Å². The highest BCUT2D eigenvalue weighted by atomic mass is 35.5. The van der Waals surface area contributed by atoms with Gasteiger partial charge in [0, 0.05) is 11.1 Å². The molecular weight excluding hydrogens is 99.5 g/mol. The lowest BCUT2D eigenvalue weighted by Crippen LogP contribution is -1.51. The van der Waals surface area contributed by atoms with E-state index in [1.165, 1.54) is 5.94 Å². The van der Waals surface area contributed by atoms with E-state index in [2.05, 4.69) is 6.58 Å². The molecule has 32 valence electrons. The van der Waals surface area contributed by atoms with Crippen molar-refractivity contribution in [2.24, 2.45) is 0 Å². The molecule has 0 unspecified atom stereocenters. The Morgan fingerprint density at radius 3 is 2.50 bits per heavy atom. The zero-order valence-electron chi connectivity index (χ0n) is 3.07. The van der Waals surface area contributed by atoms with Gasteiger partial charge >= 0.3 is 0 Å². The van der Waals surface area contributed by atoms with Crippen molar-refractivity contribution in [2.75, 3.05) is 0 Å². The van der Waals surface area contributed by atoms with Crippen LogP contribution in [0.15, 0.2) is 17.7 Å². The molecule has 0 saturated carbocycles. The number of halogens is 1. The van der Waals surface area contributed by atoms with Crippen molar-refractivity contribution in [3.8, 4) is 0 Å². The maximum absolute atomic E-state index is 9.29. The van der Waals surface area contributed by atoms with Gasteiger partial charge in [0.2, 0.25) is 0 Å². The smallest absolute Gasteiger partial charge is 0.125 e. The van der Waals surface area contributed by atoms with Crippen molar-refractivity contribution in [1.29, 1.82) is 0 Å². The SMILES string of the molecule is C=C(Cl)C=C=O. The van der Waals surface area contributed by atoms with Crippen LogP contribution in [0.4, 0.5) is 0 Å². The number of hydrogen-bond donors (Lipinski definition) is 0. The van der Waals surface area contributed by atoms with E-state index >= 15 is 0 Å². The first-order valence-electron chi connectivity index (χ1n) is 1.32. The minimum absolute atomic E-state index is 0.213. The van der Waals surface area contributed by atoms with Gasteiger partial charge in [-0.25, -0.2) is 4.79 Å². The third-order valence-electron chi connectivity index (χ3n) is 0.216. The van der Waals surface area contributed by atoms with Crippen LogP contribution in [-0.2, 0) is 4.79 Å². The lowest BCUT2D eigenvalue weighted by atomic mass is 10.6. The largest absolute Gasteiger partial charge is 0.233 e. The average molecular weight is 103 g/mol. The van der Waals surface area contributed by atoms with Gasteiger partial charge in [-0.2, -0.15) is 0 Å². The summed E-state index contributed by atoms with van der Waals surface area (Å²) in [6.45, 7) is 3.19. The predicted molar refractivity (Wildman–Crippen MR) is 25.3 cm³/mol. The molecule has 0 fully saturated rings. The number of allylic oxidation sites excluding steroid dienone is 2. The van der Waals surface area contributed by atoms with Crippen LogP contribution in [0, 0.1) is 0 Å². The van der Waals surface area contributed by atoms with Gasteiger partial charge in [0.05, 0.1) is 0 Å². The number of carbonyl (C=O) groups excluding carboxylic acids is 1. The summed E-state index contributed by atoms with van der Waals surface area (Å²) in [4.78, 5) is 9.29. The van der Waals surface area contributed by atoms with E-state index in [0.717, 1.165) is 6.08 Å². The Morgan fingerprint density at radius 2 is 2.50 bits per heavy atom. The van der Waals surface area contributed by atoms with Crippen molar-refractivity contribution in [3.05, 3.63) is 17.7 Å². The topological polar surface area (TPSA) is 17.1 Å². The molecule has 0 bridgehead atoms. The minimum Gasteiger partial charge on any atom is -0.233 e. The van der Waals surface area contributed by atoms with Gasteiger partial charge in [-0.3, -0.25) is 0 Å². The van der Waals surface area contributed by atoms with E-state index in [0.29, 0.717) is 0 Å². The summed E-state index contributed by atoms with van der Waals surface area (Å²) in [7, 11) is 0. The molecule has 0 radical (unpaired) electrons. The molecule has 0 N–H and O–H groups in total. The molecule has 0 aliphatic heterocycles. The highest BCUT2D eigenvalue weighted by molar-refractivity contribution is 6.31. The molecule has 0 amide bonds. The molecule has 0 aromatic heterocycles. The second-order valence-electron chi connectivity index (χ2n) is 0.709. The van der Waals surface area contributed by atoms with Crippen LogP contribution in [0.2, 0.25) is 0 Å². The summed E-state index contributed by atoms with van der Waals surface area (Å²) in [6, 6.07) is 0. The summed E-state index contributed by atoms with van der Waals surface area (Å²) in [5.41, 5.74) is 0. The zero-order chi connectivity index (χ0) is 4.99. The van der Waals surface area contributed by atoms with Crippen molar-refractivity contribution in [1.82, 2.24) is 0 Å². The highest BCUT2D eigenvalue weighted by Crippen LogP contribution is 1.92. The summed E-state index contributed by atoms with van der Waals surface area (Å²) in [5.74, 6) is 1.46. The molecule has 0 atom stereocenters. The van der Waals surface area contributed by atoms with Crippen LogP contribution in [-0.4, -0.2) is 5.94 Å². The molecule has 1 nitrogen and oxygen atoms in total. The lowest BCUT2D eigenvalue weighted by Gasteiger charge is -1.65. The van der Waals surface area contributed by atoms with Crippen molar-refractivity contribution >= 4 is 17.5 Å². The molecule has 2 heteroatoms. The van der Waals surface area contributed by atoms with Gasteiger partial charge in [-0.05, 0) is 0 Å². The second kappa shape index (κ2) is 2.70. The second-order valence-corrected chi connectivity index (χ2v) is 1.19. The first kappa shape index (κ1) is 5.48. The Morgan fingerprint density at radius 1 is 2.00 bits per heavy atom. The molecule has 0 aliphatic rings. The lowest BCUT2D eigenvalue weighted by molar-refractivity contribution is 0.569. The molecule has 0 rings (SSSR count). The zero-order valence-corrected chi connectivity index (χ0v) is 3.83. The molecule has 0 heterocycles. The van der Waals surface area contributed by atoms with Gasteiger partial charge in [0.15, 0.2) is 0 Å². The van der Waals surface area contributed by atoms with E-state index in [-0.39, 0.29) is 5.03 Å². The fraction of sp³-hybridized carbons (Fsp3) is 0. The van der Waals surface area contributed by atoms with E-state index in [1.54, 1.807) is 0 Å². The molecule has 0 saturated heterocycles. The van der Waals surface area contributed by atoms with Gasteiger partial charge < -0.3 is 0 Å². The minimum atomic E-state index is 0.213. The fourth-order valence-corrected chi connectivity index (χ4v) is 0.108. The number of rotatable bonds is 1. The first-order valence-corrected chi connectivity index (χ1v) is 1.70. The highest BCUT2D eigenvalue weighted by Gasteiger charge is 1.69. The average Bonchev–Trinajstić information content (AvgIpc) is 1.35. The monoisotopic (exact) mass is 102 g/mol. The molecule has 0 spiro atoms. The van der Waals surface area contributed by atoms with E-state index < -0.39 is 0 Å². The van der Waals surface area contributed by atoms with Crippen LogP contribution in [0.1, 0.15) is 0 Å². The van der Waals surface area contributed by atoms with E-state index in [4.69, 9.17) is 11.6 Å². The van der Waals surface area contributed by atoms with Gasteiger partial charge in [0.25, 0.3) is 0 Å². The summed E-state index contributed by atoms with van der Waals surface area (Å²) >= 11 is 5.07. The maximum Gasteiger partial charge on any atom is 0.125 e. The van der Waals surface area contributed by atoms with Crippen molar-refractivity contribution in [2.45, 2.75) is 0 Å². The van der Waals surface area contributed by atoms with Crippen LogP contribution in [0.3, 0.4) is 0 Å². The van der Waals surface area contributed by atoms with Gasteiger partial charge in [-0.1, -0.05) is 18.2 Å². The first-order chi connectivity index (χ1) is 2.77. The summed E-state index contributed by atoms with van der Waals surface area (Å²) < 4.78 is 0. The van der Waals surface area contributed by atoms with Gasteiger partial charge in [-0.15, -0.1) is 0 Å². The van der Waals surface area contributed by atoms with Crippen molar-refractivity contribution in [3.63, 3.8) is 0 Å². The Labute approximate surface area is 40.9 Å². The van der Waals surface area contributed by atoms with Crippen LogP contribution < -0.4 is 0 Å². The Hall–Kier alpha value is -0.520.